The first kappa shape index (κ1) is 11.8. The average Bonchev–Trinajstić information content (AvgIpc) is 3.23. The minimum absolute atomic E-state index is 0.269. The summed E-state index contributed by atoms with van der Waals surface area (Å²) in [6.45, 7) is 1.42. The minimum atomic E-state index is 0.269. The summed E-state index contributed by atoms with van der Waals surface area (Å²) in [5, 5.41) is 0.934. The van der Waals surface area contributed by atoms with Crippen LogP contribution in [0.25, 0.3) is 20.9 Å². The normalized spacial score (nSPS) is 17.3. The van der Waals surface area contributed by atoms with Gasteiger partial charge < -0.3 is 9.47 Å². The maximum absolute atomic E-state index is 5.68. The molecule has 0 spiro atoms. The third-order valence-electron chi connectivity index (χ3n) is 3.08. The van der Waals surface area contributed by atoms with Crippen molar-refractivity contribution in [2.24, 2.45) is 0 Å². The van der Waals surface area contributed by atoms with Crippen molar-refractivity contribution in [3.8, 4) is 16.5 Å². The van der Waals surface area contributed by atoms with Gasteiger partial charge in [-0.2, -0.15) is 0 Å². The van der Waals surface area contributed by atoms with Crippen LogP contribution in [0.15, 0.2) is 42.6 Å². The van der Waals surface area contributed by atoms with Crippen LogP contribution in [0, 0.1) is 0 Å². The second-order valence-corrected chi connectivity index (χ2v) is 5.66. The molecule has 1 unspecified atom stereocenters. The molecule has 4 nitrogen and oxygen atoms in total. The zero-order valence-electron chi connectivity index (χ0n) is 10.7. The van der Waals surface area contributed by atoms with Gasteiger partial charge in [0.1, 0.15) is 23.5 Å². The van der Waals surface area contributed by atoms with Crippen molar-refractivity contribution >= 4 is 21.6 Å². The Labute approximate surface area is 120 Å². The SMILES string of the molecule is c1ccc(-c2nc3cc(OCC4CO4)ccc3s2)nc1. The topological polar surface area (TPSA) is 47.5 Å². The van der Waals surface area contributed by atoms with Gasteiger partial charge in [0.15, 0.2) is 0 Å². The number of rotatable bonds is 4. The Morgan fingerprint density at radius 2 is 2.25 bits per heavy atom. The zero-order chi connectivity index (χ0) is 13.4. The lowest BCUT2D eigenvalue weighted by Crippen LogP contribution is -2.03. The zero-order valence-corrected chi connectivity index (χ0v) is 11.5. The van der Waals surface area contributed by atoms with Gasteiger partial charge in [-0.3, -0.25) is 4.98 Å². The van der Waals surface area contributed by atoms with E-state index in [1.165, 1.54) is 0 Å². The van der Waals surface area contributed by atoms with Crippen molar-refractivity contribution in [2.45, 2.75) is 6.10 Å². The van der Waals surface area contributed by atoms with E-state index < -0.39 is 0 Å². The number of nitrogens with zero attached hydrogens (tertiary/aromatic N) is 2. The van der Waals surface area contributed by atoms with E-state index in [2.05, 4.69) is 9.97 Å². The summed E-state index contributed by atoms with van der Waals surface area (Å²) < 4.78 is 11.9. The number of ether oxygens (including phenoxy) is 2. The fraction of sp³-hybridized carbons (Fsp3) is 0.200. The van der Waals surface area contributed by atoms with Crippen molar-refractivity contribution in [1.29, 1.82) is 0 Å². The molecule has 0 amide bonds. The van der Waals surface area contributed by atoms with Crippen LogP contribution in [0.2, 0.25) is 0 Å². The molecule has 1 aliphatic heterocycles. The average molecular weight is 284 g/mol. The number of epoxide rings is 1. The lowest BCUT2D eigenvalue weighted by atomic mass is 10.3. The van der Waals surface area contributed by atoms with E-state index in [4.69, 9.17) is 9.47 Å². The summed E-state index contributed by atoms with van der Waals surface area (Å²) in [4.78, 5) is 8.97. The lowest BCUT2D eigenvalue weighted by molar-refractivity contribution is 0.263. The van der Waals surface area contributed by atoms with Crippen LogP contribution in [0.4, 0.5) is 0 Å². The van der Waals surface area contributed by atoms with Crippen molar-refractivity contribution in [3.05, 3.63) is 42.6 Å². The van der Waals surface area contributed by atoms with Gasteiger partial charge in [-0.15, -0.1) is 11.3 Å². The predicted octanol–water partition coefficient (Wildman–Crippen LogP) is 3.14. The van der Waals surface area contributed by atoms with Gasteiger partial charge in [0, 0.05) is 12.3 Å². The molecule has 0 saturated carbocycles. The van der Waals surface area contributed by atoms with Crippen LogP contribution in [-0.2, 0) is 4.74 Å². The van der Waals surface area contributed by atoms with Gasteiger partial charge in [0.2, 0.25) is 0 Å². The fourth-order valence-electron chi connectivity index (χ4n) is 1.95. The molecule has 100 valence electrons. The molecule has 5 heteroatoms. The summed E-state index contributed by atoms with van der Waals surface area (Å²) in [5.74, 6) is 0.839. The highest BCUT2D eigenvalue weighted by Crippen LogP contribution is 2.31. The van der Waals surface area contributed by atoms with Gasteiger partial charge in [0.05, 0.1) is 22.5 Å². The third-order valence-corrected chi connectivity index (χ3v) is 4.14. The maximum atomic E-state index is 5.68. The molecule has 0 aliphatic carbocycles. The van der Waals surface area contributed by atoms with Crippen molar-refractivity contribution < 1.29 is 9.47 Å². The Morgan fingerprint density at radius 3 is 3.05 bits per heavy atom. The fourth-order valence-corrected chi connectivity index (χ4v) is 2.87. The number of hydrogen-bond acceptors (Lipinski definition) is 5. The molecule has 1 fully saturated rings. The molecule has 20 heavy (non-hydrogen) atoms. The molecule has 0 radical (unpaired) electrons. The van der Waals surface area contributed by atoms with E-state index in [1.807, 2.05) is 36.4 Å². The molecular weight excluding hydrogens is 272 g/mol. The molecule has 1 aliphatic rings. The predicted molar refractivity (Wildman–Crippen MR) is 78.1 cm³/mol. The highest BCUT2D eigenvalue weighted by atomic mass is 32.1. The van der Waals surface area contributed by atoms with E-state index >= 15 is 0 Å². The van der Waals surface area contributed by atoms with Crippen molar-refractivity contribution in [3.63, 3.8) is 0 Å². The highest BCUT2D eigenvalue weighted by molar-refractivity contribution is 7.21. The smallest absolute Gasteiger partial charge is 0.143 e. The van der Waals surface area contributed by atoms with Crippen LogP contribution < -0.4 is 4.74 Å². The Bertz CT molecular complexity index is 738. The Morgan fingerprint density at radius 1 is 1.30 bits per heavy atom. The second kappa shape index (κ2) is 4.85. The van der Waals surface area contributed by atoms with Crippen LogP contribution in [0.5, 0.6) is 5.75 Å². The van der Waals surface area contributed by atoms with Gasteiger partial charge in [-0.05, 0) is 24.3 Å². The maximum Gasteiger partial charge on any atom is 0.143 e. The molecule has 0 bridgehead atoms. The standard InChI is InChI=1S/C15H12N2O2S/c1-2-6-16-12(3-1)15-17-13-7-10(4-5-14(13)20-15)18-8-11-9-19-11/h1-7,11H,8-9H2. The van der Waals surface area contributed by atoms with Gasteiger partial charge in [-0.1, -0.05) is 6.07 Å². The quantitative estimate of drug-likeness (QED) is 0.691. The first-order chi connectivity index (χ1) is 9.88. The van der Waals surface area contributed by atoms with E-state index in [-0.39, 0.29) is 6.10 Å². The molecule has 3 heterocycles. The largest absolute Gasteiger partial charge is 0.491 e. The van der Waals surface area contributed by atoms with E-state index in [9.17, 15) is 0 Å². The first-order valence-electron chi connectivity index (χ1n) is 6.45. The Kier molecular flexibility index (Phi) is 2.86. The monoisotopic (exact) mass is 284 g/mol. The molecule has 1 aromatic carbocycles. The summed E-state index contributed by atoms with van der Waals surface area (Å²) in [7, 11) is 0. The second-order valence-electron chi connectivity index (χ2n) is 4.63. The number of hydrogen-bond donors (Lipinski definition) is 0. The van der Waals surface area contributed by atoms with Crippen LogP contribution >= 0.6 is 11.3 Å². The van der Waals surface area contributed by atoms with Gasteiger partial charge in [-0.25, -0.2) is 4.98 Å². The summed E-state index contributed by atoms with van der Waals surface area (Å²) in [5.41, 5.74) is 1.85. The molecule has 3 aromatic rings. The van der Waals surface area contributed by atoms with Crippen LogP contribution in [-0.4, -0.2) is 29.3 Å². The van der Waals surface area contributed by atoms with Crippen LogP contribution in [0.1, 0.15) is 0 Å². The molecular formula is C15H12N2O2S. The molecule has 0 N–H and O–H groups in total. The Hall–Kier alpha value is -1.98. The highest BCUT2D eigenvalue weighted by Gasteiger charge is 2.23. The number of fused-ring (bicyclic) bond motifs is 1. The number of pyridine rings is 1. The molecule has 2 aromatic heterocycles. The van der Waals surface area contributed by atoms with E-state index in [0.29, 0.717) is 6.61 Å². The first-order valence-corrected chi connectivity index (χ1v) is 7.26. The number of aromatic nitrogens is 2. The summed E-state index contributed by atoms with van der Waals surface area (Å²) >= 11 is 1.64. The minimum Gasteiger partial charge on any atom is -0.491 e. The van der Waals surface area contributed by atoms with Crippen molar-refractivity contribution in [1.82, 2.24) is 9.97 Å². The number of benzene rings is 1. The summed E-state index contributed by atoms with van der Waals surface area (Å²) in [6.07, 6.45) is 2.05. The molecule has 1 saturated heterocycles. The van der Waals surface area contributed by atoms with E-state index in [0.717, 1.165) is 33.3 Å². The van der Waals surface area contributed by atoms with Crippen molar-refractivity contribution in [2.75, 3.05) is 13.2 Å². The van der Waals surface area contributed by atoms with Crippen LogP contribution in [0.3, 0.4) is 0 Å². The molecule has 1 atom stereocenters. The summed E-state index contributed by atoms with van der Waals surface area (Å²) in [6, 6.07) is 11.8. The van der Waals surface area contributed by atoms with E-state index in [1.54, 1.807) is 17.5 Å². The lowest BCUT2D eigenvalue weighted by Gasteiger charge is -2.02. The Balaban J connectivity index is 1.64. The molecule has 4 rings (SSSR count). The van der Waals surface area contributed by atoms with Gasteiger partial charge in [0.25, 0.3) is 0 Å². The third kappa shape index (κ3) is 2.37. The van der Waals surface area contributed by atoms with Gasteiger partial charge >= 0.3 is 0 Å². The number of thiazole rings is 1.